The molecule has 458 valence electrons. The molecule has 0 aliphatic carbocycles. The van der Waals surface area contributed by atoms with Crippen LogP contribution >= 0.6 is 0 Å². The van der Waals surface area contributed by atoms with E-state index in [0.717, 1.165) is 10.8 Å². The third kappa shape index (κ3) is 11.7. The molecule has 16 aromatic rings. The zero-order valence-corrected chi connectivity index (χ0v) is 52.0. The average Bonchev–Trinajstić information content (AvgIpc) is 1.16. The van der Waals surface area contributed by atoms with Crippen molar-refractivity contribution in [3.8, 4) is 118 Å². The Bertz CT molecular complexity index is 7320. The van der Waals surface area contributed by atoms with Gasteiger partial charge in [-0.2, -0.15) is 18.2 Å². The number of rotatable bonds is 13. The normalized spacial score (nSPS) is 17.4. The van der Waals surface area contributed by atoms with Crippen LogP contribution in [0.15, 0.2) is 315 Å². The zero-order valence-electron chi connectivity index (χ0n) is 88.8. The number of hydrogen-bond acceptors (Lipinski definition) is 2. The predicted octanol–water partition coefficient (Wildman–Crippen LogP) is 22.5. The molecule has 0 aliphatic rings. The van der Waals surface area contributed by atoms with Gasteiger partial charge < -0.3 is 13.9 Å². The molecule has 0 bridgehead atoms. The summed E-state index contributed by atoms with van der Waals surface area (Å²) in [5, 5.41) is 1.11. The minimum atomic E-state index is -3.00. The maximum Gasteiger partial charge on any atom is 0.268 e. The topological polar surface area (TPSA) is 35.9 Å². The molecule has 0 saturated heterocycles. The number of ether oxygens (including phenoxy) is 1. The second kappa shape index (κ2) is 25.3. The van der Waals surface area contributed by atoms with Gasteiger partial charge in [0.1, 0.15) is 5.82 Å². The summed E-state index contributed by atoms with van der Waals surface area (Å²) in [6, 6.07) is -5.55. The fourth-order valence-electron chi connectivity index (χ4n) is 11.0. The van der Waals surface area contributed by atoms with Gasteiger partial charge in [0, 0.05) is 54.0 Å². The number of aromatic nitrogens is 4. The van der Waals surface area contributed by atoms with E-state index in [1.54, 1.807) is 55.7 Å². The van der Waals surface area contributed by atoms with Crippen molar-refractivity contribution in [3.63, 3.8) is 0 Å². The van der Waals surface area contributed by atoms with Crippen LogP contribution in [0, 0.1) is 25.3 Å². The number of nitrogens with zero attached hydrogens (tertiary/aromatic N) is 4. The van der Waals surface area contributed by atoms with E-state index in [4.69, 9.17) is 36.3 Å². The minimum absolute atomic E-state index is 0. The van der Waals surface area contributed by atoms with Crippen molar-refractivity contribution in [2.75, 3.05) is 0 Å². The van der Waals surface area contributed by atoms with Crippen LogP contribution in [0.3, 0.4) is 0 Å². The second-order valence-corrected chi connectivity index (χ2v) is 22.2. The van der Waals surface area contributed by atoms with E-state index in [-0.39, 0.29) is 82.9 Å². The van der Waals surface area contributed by atoms with Crippen LogP contribution in [0.4, 0.5) is 0 Å². The number of pyridine rings is 1. The molecular formula is C89H64N4OPt-2. The summed E-state index contributed by atoms with van der Waals surface area (Å²) in [4.78, 5) is 4.67. The minimum Gasteiger partial charge on any atom is -0.510 e. The summed E-state index contributed by atoms with van der Waals surface area (Å²) in [5.41, 5.74) is -13.3. The van der Waals surface area contributed by atoms with Gasteiger partial charge in [-0.15, -0.1) is 29.7 Å². The van der Waals surface area contributed by atoms with E-state index in [0.29, 0.717) is 16.3 Å². The molecule has 0 N–H and O–H groups in total. The Kier molecular flexibility index (Phi) is 8.18. The molecule has 0 aliphatic heterocycles. The van der Waals surface area contributed by atoms with Gasteiger partial charge in [-0.05, 0) is 172 Å². The Labute approximate surface area is 624 Å². The first-order chi connectivity index (χ1) is 62.3. The largest absolute Gasteiger partial charge is 0.510 e. The first-order valence-corrected chi connectivity index (χ1v) is 28.9. The molecule has 16 rings (SSSR count). The molecular weight excluding hydrogens is 1340 g/mol. The summed E-state index contributed by atoms with van der Waals surface area (Å²) in [6.45, 7) is 1.89. The monoisotopic (exact) mass is 1440 g/mol. The Balaban J connectivity index is 0.0000137. The standard InChI is InChI=1S/C89H64N4O.Pt/c1-60-46-87(90-58-82(60)66-36-21-10-22-37-66)93-83-41-24-23-40-78(83)79-44-43-77(57-85(79)93)94-76-39-25-38-75(56-76)91-59-92(84-45-42-67(53-86(84)91)61-26-11-5-12-27-61)88-80(72-49-68(62-28-13-6-14-29-62)47-69(50-72)63-30-15-7-16-31-63)54-74(89(2,3)4)55-81(88)73-51-70(64-32-17-8-18-33-64)48-71(52-73)65-34-19-9-20-35-65;/h5-55,58H,1-4H3;/q-2;/i1D3,5D,6D,7D,8D,9D,10D,11D,12D,13D,14D,15D,16D,17D,18D,19D,20D,21D,22D,26D,27D,28D,29D,30D,31D,32D,33D,34D,35D,36D,37D,47D,48D,49D,50D,51D,52D;. The van der Waals surface area contributed by atoms with Gasteiger partial charge in [0.05, 0.1) is 66.1 Å². The maximum atomic E-state index is 10.8. The Morgan fingerprint density at radius 2 is 0.937 bits per heavy atom. The van der Waals surface area contributed by atoms with Crippen molar-refractivity contribution in [2.45, 2.75) is 33.0 Å². The van der Waals surface area contributed by atoms with E-state index in [1.807, 2.05) is 0 Å². The number of benzene rings is 13. The van der Waals surface area contributed by atoms with Crippen molar-refractivity contribution in [3.05, 3.63) is 344 Å². The Morgan fingerprint density at radius 3 is 1.46 bits per heavy atom. The van der Waals surface area contributed by atoms with Gasteiger partial charge >= 0.3 is 0 Å². The fourth-order valence-corrected chi connectivity index (χ4v) is 11.0. The Morgan fingerprint density at radius 1 is 0.442 bits per heavy atom. The first-order valence-electron chi connectivity index (χ1n) is 48.4. The van der Waals surface area contributed by atoms with E-state index < -0.39 is 313 Å². The summed E-state index contributed by atoms with van der Waals surface area (Å²) < 4.78 is 371. The van der Waals surface area contributed by atoms with Gasteiger partial charge in [0.2, 0.25) is 0 Å². The van der Waals surface area contributed by atoms with E-state index in [9.17, 15) is 21.9 Å². The molecule has 0 unspecified atom stereocenters. The van der Waals surface area contributed by atoms with Crippen LogP contribution in [0.1, 0.15) is 85.4 Å². The van der Waals surface area contributed by atoms with Gasteiger partial charge in [0.15, 0.2) is 0 Å². The summed E-state index contributed by atoms with van der Waals surface area (Å²) in [6.07, 6.45) is 4.38. The first kappa shape index (κ1) is 30.7. The van der Waals surface area contributed by atoms with Crippen molar-refractivity contribution in [1.82, 2.24) is 14.1 Å². The molecule has 6 heteroatoms. The third-order valence-corrected chi connectivity index (χ3v) is 15.3. The second-order valence-electron chi connectivity index (χ2n) is 22.2. The molecule has 0 amide bonds. The van der Waals surface area contributed by atoms with Gasteiger partial charge in [-0.1, -0.05) is 250 Å². The van der Waals surface area contributed by atoms with Crippen LogP contribution in [0.5, 0.6) is 11.5 Å². The number of para-hydroxylation sites is 1. The third-order valence-electron chi connectivity index (χ3n) is 15.3. The Hall–Kier alpha value is -11.2. The molecule has 3 aromatic heterocycles. The number of aryl methyl sites for hydroxylation is 1. The van der Waals surface area contributed by atoms with Crippen LogP contribution in [-0.2, 0) is 26.5 Å². The molecule has 3 heterocycles. The molecule has 5 nitrogen and oxygen atoms in total. The quantitative estimate of drug-likeness (QED) is 0.0852. The predicted molar refractivity (Wildman–Crippen MR) is 387 cm³/mol. The van der Waals surface area contributed by atoms with Crippen molar-refractivity contribution >= 4 is 32.8 Å². The number of hydrogen-bond donors (Lipinski definition) is 0. The van der Waals surface area contributed by atoms with Crippen LogP contribution < -0.4 is 9.30 Å². The van der Waals surface area contributed by atoms with Gasteiger partial charge in [-0.25, -0.2) is 4.98 Å². The van der Waals surface area contributed by atoms with Crippen LogP contribution in [0.2, 0.25) is 0 Å². The molecule has 95 heavy (non-hydrogen) atoms. The molecule has 0 fully saturated rings. The van der Waals surface area contributed by atoms with Crippen LogP contribution in [-0.4, -0.2) is 14.1 Å². The van der Waals surface area contributed by atoms with E-state index in [1.165, 1.54) is 65.2 Å². The number of imidazole rings is 1. The summed E-state index contributed by atoms with van der Waals surface area (Å²) >= 11 is 0. The fraction of sp³-hybridized carbons (Fsp3) is 0.0562. The average molecular weight is 1440 g/mol. The zero-order chi connectivity index (χ0) is 97.1. The van der Waals surface area contributed by atoms with Gasteiger partial charge in [0.25, 0.3) is 6.33 Å². The van der Waals surface area contributed by atoms with Gasteiger partial charge in [-0.3, -0.25) is 4.57 Å². The molecule has 0 atom stereocenters. The maximum absolute atomic E-state index is 10.8. The summed E-state index contributed by atoms with van der Waals surface area (Å²) in [5.74, 6) is -0.247. The van der Waals surface area contributed by atoms with Crippen molar-refractivity contribution in [2.24, 2.45) is 0 Å². The van der Waals surface area contributed by atoms with Crippen LogP contribution in [0.25, 0.3) is 139 Å². The molecule has 0 saturated carbocycles. The SMILES string of the molecule is [2H]c1c([2H])c([2H])c(-c2ccc3c(c2)n(-c2[c-]c(Oc4[c-]c5c(cc4)c4ccccc4n5-c4cc(C([2H])([2H])[2H])c(-c5c([2H])c([2H])c([2H])c([2H])c5[2H])cn4)ccc2)[c-][n+]3-c2c(-c3c([2H])c(-c4c([2H])c([2H])c([2H])c([2H])c4[2H])c([2H])c(-c4c([2H])c([2H])c([2H])c([2H])c4[2H])c3[2H])cc(C(C)(C)C)cc2-c2c([2H])c(-c3c([2H])c([2H])c([2H])c([2H])c3[2H])c([2H])c(-c3c([2H])c([2H])c([2H])c([2H])c3[2H])c2[2H])c([2H])c1[2H].[Pt]. The summed E-state index contributed by atoms with van der Waals surface area (Å²) in [7, 11) is 0. The van der Waals surface area contributed by atoms with Crippen molar-refractivity contribution < 1.29 is 83.8 Å². The molecule has 13 aromatic carbocycles. The van der Waals surface area contributed by atoms with Crippen molar-refractivity contribution in [1.29, 1.82) is 0 Å². The van der Waals surface area contributed by atoms with E-state index in [2.05, 4.69) is 23.4 Å². The smallest absolute Gasteiger partial charge is 0.268 e. The van der Waals surface area contributed by atoms with E-state index >= 15 is 0 Å². The molecule has 0 spiro atoms. The molecule has 0 radical (unpaired) electrons. The number of fused-ring (bicyclic) bond motifs is 4.